The number of ketones is 1. The van der Waals surface area contributed by atoms with Gasteiger partial charge in [0, 0.05) is 17.8 Å². The first-order valence-electron chi connectivity index (χ1n) is 12.6. The van der Waals surface area contributed by atoms with Gasteiger partial charge < -0.3 is 10.2 Å². The zero-order valence-electron chi connectivity index (χ0n) is 20.3. The number of benzene rings is 1. The third-order valence-electron chi connectivity index (χ3n) is 9.56. The number of halogens is 5. The van der Waals surface area contributed by atoms with E-state index in [4.69, 9.17) is 0 Å². The molecule has 0 aliphatic heterocycles. The molecule has 1 aromatic rings. The van der Waals surface area contributed by atoms with Crippen molar-refractivity contribution >= 4 is 5.78 Å². The van der Waals surface area contributed by atoms with Crippen LogP contribution in [0.2, 0.25) is 0 Å². The van der Waals surface area contributed by atoms with Gasteiger partial charge in [-0.15, -0.1) is 0 Å². The van der Waals surface area contributed by atoms with E-state index in [1.165, 1.54) is 6.92 Å². The van der Waals surface area contributed by atoms with E-state index in [1.54, 1.807) is 31.2 Å². The maximum atomic E-state index is 15.0. The molecule has 0 spiro atoms. The lowest BCUT2D eigenvalue weighted by molar-refractivity contribution is -0.362. The Morgan fingerprint density at radius 3 is 2.47 bits per heavy atom. The summed E-state index contributed by atoms with van der Waals surface area (Å²) in [5.74, 6) is -6.51. The number of rotatable bonds is 3. The van der Waals surface area contributed by atoms with Crippen LogP contribution in [0.3, 0.4) is 0 Å². The Morgan fingerprint density at radius 1 is 1.08 bits per heavy atom. The van der Waals surface area contributed by atoms with Crippen molar-refractivity contribution in [3.63, 3.8) is 0 Å². The van der Waals surface area contributed by atoms with Crippen molar-refractivity contribution in [3.05, 3.63) is 58.2 Å². The first-order valence-corrected chi connectivity index (χ1v) is 12.6. The van der Waals surface area contributed by atoms with Crippen molar-refractivity contribution in [2.45, 2.75) is 88.5 Å². The van der Waals surface area contributed by atoms with Crippen molar-refractivity contribution in [1.82, 2.24) is 0 Å². The molecule has 6 atom stereocenters. The minimum Gasteiger partial charge on any atom is -0.389 e. The van der Waals surface area contributed by atoms with Crippen LogP contribution in [0, 0.1) is 17.3 Å². The molecule has 0 aromatic heterocycles. The predicted molar refractivity (Wildman–Crippen MR) is 123 cm³/mol. The average molecular weight is 511 g/mol. The molecule has 36 heavy (non-hydrogen) atoms. The highest BCUT2D eigenvalue weighted by Crippen LogP contribution is 2.70. The van der Waals surface area contributed by atoms with Gasteiger partial charge in [0.2, 0.25) is 0 Å². The van der Waals surface area contributed by atoms with E-state index in [2.05, 4.69) is 0 Å². The summed E-state index contributed by atoms with van der Waals surface area (Å²) in [5, 5.41) is 21.4. The number of aliphatic hydroxyl groups excluding tert-OH is 1. The molecule has 0 amide bonds. The number of alkyl halides is 5. The van der Waals surface area contributed by atoms with Gasteiger partial charge in [0.05, 0.1) is 6.10 Å². The fourth-order valence-electron chi connectivity index (χ4n) is 7.75. The summed E-state index contributed by atoms with van der Waals surface area (Å²) in [4.78, 5) is 12.1. The molecule has 8 heteroatoms. The second kappa shape index (κ2) is 8.22. The highest BCUT2D eigenvalue weighted by atomic mass is 19.4. The smallest absolute Gasteiger partial charge is 0.389 e. The third kappa shape index (κ3) is 3.46. The van der Waals surface area contributed by atoms with Crippen LogP contribution in [0.25, 0.3) is 0 Å². The molecule has 5 rings (SSSR count). The Morgan fingerprint density at radius 2 is 1.81 bits per heavy atom. The van der Waals surface area contributed by atoms with Crippen molar-refractivity contribution < 1.29 is 37.0 Å². The summed E-state index contributed by atoms with van der Waals surface area (Å²) in [6.07, 6.45) is -3.64. The molecule has 1 aromatic carbocycles. The van der Waals surface area contributed by atoms with Crippen LogP contribution in [-0.4, -0.2) is 33.7 Å². The highest BCUT2D eigenvalue weighted by Gasteiger charge is 2.79. The summed E-state index contributed by atoms with van der Waals surface area (Å²) in [7, 11) is 0. The van der Waals surface area contributed by atoms with E-state index in [-0.39, 0.29) is 24.5 Å². The lowest BCUT2D eigenvalue weighted by Crippen LogP contribution is -2.65. The van der Waals surface area contributed by atoms with E-state index in [0.29, 0.717) is 31.2 Å². The quantitative estimate of drug-likeness (QED) is 0.453. The molecule has 0 heterocycles. The van der Waals surface area contributed by atoms with E-state index in [0.717, 1.165) is 22.3 Å². The molecule has 4 aliphatic rings. The van der Waals surface area contributed by atoms with Gasteiger partial charge in [-0.3, -0.25) is 4.79 Å². The minimum atomic E-state index is -5.87. The number of fused-ring (bicyclic) bond motifs is 4. The number of allylic oxidation sites excluding steroid dienone is 4. The Bertz CT molecular complexity index is 1150. The Balaban J connectivity index is 1.71. The predicted octanol–water partition coefficient (Wildman–Crippen LogP) is 6.57. The second-order valence-electron chi connectivity index (χ2n) is 11.3. The molecular formula is C28H31F5O3. The van der Waals surface area contributed by atoms with Gasteiger partial charge in [0.25, 0.3) is 0 Å². The molecule has 3 nitrogen and oxygen atoms in total. The molecule has 2 fully saturated rings. The van der Waals surface area contributed by atoms with Gasteiger partial charge >= 0.3 is 12.1 Å². The van der Waals surface area contributed by atoms with Gasteiger partial charge in [0.1, 0.15) is 5.60 Å². The van der Waals surface area contributed by atoms with E-state index in [1.807, 2.05) is 6.07 Å². The second-order valence-corrected chi connectivity index (χ2v) is 11.3. The highest BCUT2D eigenvalue weighted by molar-refractivity contribution is 5.93. The Labute approximate surface area is 207 Å². The van der Waals surface area contributed by atoms with Gasteiger partial charge in [0.15, 0.2) is 5.78 Å². The first-order chi connectivity index (χ1) is 16.7. The van der Waals surface area contributed by atoms with Crippen LogP contribution in [0.15, 0.2) is 47.1 Å². The van der Waals surface area contributed by atoms with Gasteiger partial charge in [-0.2, -0.15) is 22.0 Å². The number of hydrogen-bond donors (Lipinski definition) is 2. The molecule has 0 bridgehead atoms. The normalized spacial score (nSPS) is 35.6. The van der Waals surface area contributed by atoms with Gasteiger partial charge in [-0.1, -0.05) is 36.8 Å². The molecule has 2 N–H and O–H groups in total. The lowest BCUT2D eigenvalue weighted by Gasteiger charge is -2.56. The average Bonchev–Trinajstić information content (AvgIpc) is 3.09. The van der Waals surface area contributed by atoms with Crippen LogP contribution in [0.4, 0.5) is 22.0 Å². The topological polar surface area (TPSA) is 57.5 Å². The van der Waals surface area contributed by atoms with Crippen molar-refractivity contribution in [2.75, 3.05) is 0 Å². The summed E-state index contributed by atoms with van der Waals surface area (Å²) >= 11 is 0. The molecular weight excluding hydrogens is 479 g/mol. The van der Waals surface area contributed by atoms with Gasteiger partial charge in [-0.05, 0) is 85.6 Å². The largest absolute Gasteiger partial charge is 0.456 e. The summed E-state index contributed by atoms with van der Waals surface area (Å²) in [5.41, 5.74) is -0.580. The van der Waals surface area contributed by atoms with Crippen LogP contribution in [0.5, 0.6) is 0 Å². The minimum absolute atomic E-state index is 0.0427. The summed E-state index contributed by atoms with van der Waals surface area (Å²) in [6, 6.07) is 7.09. The van der Waals surface area contributed by atoms with Crippen LogP contribution in [0.1, 0.15) is 81.9 Å². The zero-order valence-corrected chi connectivity index (χ0v) is 20.3. The van der Waals surface area contributed by atoms with Crippen LogP contribution >= 0.6 is 0 Å². The van der Waals surface area contributed by atoms with Crippen LogP contribution in [-0.2, 0) is 4.79 Å². The number of carbonyl (C=O) groups excluding carboxylic acids is 1. The number of carbonyl (C=O) groups is 1. The molecule has 0 radical (unpaired) electrons. The first kappa shape index (κ1) is 25.6. The molecule has 196 valence electrons. The Hall–Kier alpha value is -2.06. The fraction of sp³-hybridized carbons (Fsp3) is 0.607. The SMILES string of the molecule is CC(O)c1cccc([C@H]2C[C@@]3(C)[C@@H](CC[C@@]3(O)C(F)(F)C(F)(F)F)[C@@H]3CCC4=CC(=O)CCC4=C32)c1. The molecule has 1 unspecified atom stereocenters. The van der Waals surface area contributed by atoms with Crippen molar-refractivity contribution in [3.8, 4) is 0 Å². The molecule has 0 saturated heterocycles. The number of hydrogen-bond acceptors (Lipinski definition) is 3. The molecule has 4 aliphatic carbocycles. The standard InChI is InChI=1S/C28H31F5O3/c1-15(34)16-4-3-5-17(12-16)22-14-25(2)23(10-11-26(25,36)27(29,30)28(31,32)33)21-8-6-18-13-19(35)7-9-20(18)24(21)22/h3-5,12-13,15,21-23,34,36H,6-11,14H2,1-2H3/t15?,21-,22+,23-,25-,26-/m0/s1. The van der Waals surface area contributed by atoms with E-state index in [9.17, 15) is 28.2 Å². The summed E-state index contributed by atoms with van der Waals surface area (Å²) < 4.78 is 70.9. The van der Waals surface area contributed by atoms with E-state index >= 15 is 8.78 Å². The third-order valence-corrected chi connectivity index (χ3v) is 9.56. The lowest BCUT2D eigenvalue weighted by atomic mass is 9.50. The van der Waals surface area contributed by atoms with Gasteiger partial charge in [-0.25, -0.2) is 0 Å². The summed E-state index contributed by atoms with van der Waals surface area (Å²) in [6.45, 7) is 3.02. The maximum Gasteiger partial charge on any atom is 0.456 e. The van der Waals surface area contributed by atoms with Crippen molar-refractivity contribution in [2.24, 2.45) is 17.3 Å². The monoisotopic (exact) mass is 510 g/mol. The van der Waals surface area contributed by atoms with Crippen LogP contribution < -0.4 is 0 Å². The zero-order chi connectivity index (χ0) is 26.3. The molecule has 2 saturated carbocycles. The number of aliphatic hydroxyl groups is 2. The van der Waals surface area contributed by atoms with Crippen molar-refractivity contribution in [1.29, 1.82) is 0 Å². The Kier molecular flexibility index (Phi) is 5.84. The maximum absolute atomic E-state index is 15.0. The fourth-order valence-corrected chi connectivity index (χ4v) is 7.75. The van der Waals surface area contributed by atoms with E-state index < -0.39 is 47.5 Å².